The molecule has 5 nitrogen and oxygen atoms in total. The van der Waals surface area contributed by atoms with Crippen LogP contribution >= 0.6 is 35.3 Å². The van der Waals surface area contributed by atoms with E-state index in [9.17, 15) is 0 Å². The first-order valence-electron chi connectivity index (χ1n) is 6.82. The molecule has 122 valence electrons. The van der Waals surface area contributed by atoms with Gasteiger partial charge in [-0.1, -0.05) is 0 Å². The smallest absolute Gasteiger partial charge is 0.191 e. The summed E-state index contributed by atoms with van der Waals surface area (Å²) in [5.41, 5.74) is 0. The number of hydrogen-bond acceptors (Lipinski definition) is 4. The molecule has 0 aromatic carbocycles. The maximum Gasteiger partial charge on any atom is 0.191 e. The number of ether oxygens (including phenoxy) is 2. The molecule has 0 saturated heterocycles. The number of rotatable bonds is 9. The minimum atomic E-state index is 0. The van der Waals surface area contributed by atoms with Gasteiger partial charge in [-0.3, -0.25) is 4.99 Å². The monoisotopic (exact) mass is 427 g/mol. The van der Waals surface area contributed by atoms with Crippen molar-refractivity contribution in [3.8, 4) is 0 Å². The van der Waals surface area contributed by atoms with E-state index in [4.69, 9.17) is 9.47 Å². The van der Waals surface area contributed by atoms with Gasteiger partial charge in [0.2, 0.25) is 0 Å². The van der Waals surface area contributed by atoms with Crippen molar-refractivity contribution in [1.82, 2.24) is 10.6 Å². The molecule has 0 fully saturated rings. The largest absolute Gasteiger partial charge is 0.382 e. The highest BCUT2D eigenvalue weighted by molar-refractivity contribution is 14.0. The van der Waals surface area contributed by atoms with Gasteiger partial charge in [0.05, 0.1) is 19.8 Å². The van der Waals surface area contributed by atoms with Gasteiger partial charge in [-0.15, -0.1) is 35.3 Å². The van der Waals surface area contributed by atoms with Crippen molar-refractivity contribution >= 4 is 41.3 Å². The molecule has 1 aromatic heterocycles. The summed E-state index contributed by atoms with van der Waals surface area (Å²) in [6.07, 6.45) is 0.947. The van der Waals surface area contributed by atoms with Gasteiger partial charge in [0.1, 0.15) is 0 Å². The molecule has 0 spiro atoms. The number of guanidine groups is 1. The average Bonchev–Trinajstić information content (AvgIpc) is 2.87. The Labute approximate surface area is 148 Å². The first-order chi connectivity index (χ1) is 9.76. The number of methoxy groups -OCH3 is 1. The summed E-state index contributed by atoms with van der Waals surface area (Å²) in [7, 11) is 3.46. The van der Waals surface area contributed by atoms with Crippen LogP contribution in [-0.2, 0) is 16.0 Å². The van der Waals surface area contributed by atoms with E-state index in [1.54, 1.807) is 25.5 Å². The lowest BCUT2D eigenvalue weighted by atomic mass is 10.4. The Hall–Kier alpha value is -0.380. The van der Waals surface area contributed by atoms with Crippen LogP contribution in [0.2, 0.25) is 0 Å². The number of hydrogen-bond donors (Lipinski definition) is 2. The highest BCUT2D eigenvalue weighted by atomic mass is 127. The standard InChI is InChI=1S/C14H25N3O2S.HI/c1-12-5-6-13(20-12)11-17-14(15-2)16-7-4-8-19-10-9-18-3;/h5-6H,4,7-11H2,1-3H3,(H2,15,16,17);1H. The molecule has 1 aromatic rings. The normalized spacial score (nSPS) is 11.1. The molecular weight excluding hydrogens is 401 g/mol. The Morgan fingerprint density at radius 1 is 1.24 bits per heavy atom. The Bertz CT molecular complexity index is 399. The van der Waals surface area contributed by atoms with Crippen molar-refractivity contribution in [2.45, 2.75) is 19.9 Å². The molecule has 0 amide bonds. The van der Waals surface area contributed by atoms with Crippen molar-refractivity contribution in [3.05, 3.63) is 21.9 Å². The van der Waals surface area contributed by atoms with E-state index in [1.165, 1.54) is 9.75 Å². The summed E-state index contributed by atoms with van der Waals surface area (Å²) in [5, 5.41) is 6.57. The summed E-state index contributed by atoms with van der Waals surface area (Å²) in [4.78, 5) is 6.84. The third-order valence-corrected chi connectivity index (χ3v) is 3.64. The van der Waals surface area contributed by atoms with Crippen molar-refractivity contribution in [3.63, 3.8) is 0 Å². The first kappa shape index (κ1) is 20.6. The van der Waals surface area contributed by atoms with Crippen LogP contribution < -0.4 is 10.6 Å². The maximum atomic E-state index is 5.40. The summed E-state index contributed by atoms with van der Waals surface area (Å²) in [5.74, 6) is 0.827. The fraction of sp³-hybridized carbons (Fsp3) is 0.643. The van der Waals surface area contributed by atoms with Crippen LogP contribution in [0.15, 0.2) is 17.1 Å². The van der Waals surface area contributed by atoms with Gasteiger partial charge in [0, 0.05) is 37.1 Å². The molecule has 7 heteroatoms. The molecule has 0 saturated carbocycles. The number of nitrogens with one attached hydrogen (secondary N) is 2. The van der Waals surface area contributed by atoms with E-state index in [1.807, 2.05) is 0 Å². The fourth-order valence-electron chi connectivity index (χ4n) is 1.60. The van der Waals surface area contributed by atoms with Gasteiger partial charge in [0.25, 0.3) is 0 Å². The summed E-state index contributed by atoms with van der Waals surface area (Å²) in [6, 6.07) is 4.28. The van der Waals surface area contributed by atoms with Crippen molar-refractivity contribution in [2.24, 2.45) is 4.99 Å². The third-order valence-electron chi connectivity index (χ3n) is 2.64. The number of halogens is 1. The topological polar surface area (TPSA) is 54.9 Å². The molecule has 21 heavy (non-hydrogen) atoms. The van der Waals surface area contributed by atoms with Crippen LogP contribution in [-0.4, -0.2) is 46.5 Å². The van der Waals surface area contributed by atoms with Crippen LogP contribution in [0.25, 0.3) is 0 Å². The molecule has 0 atom stereocenters. The lowest BCUT2D eigenvalue weighted by Crippen LogP contribution is -2.37. The third kappa shape index (κ3) is 10.0. The van der Waals surface area contributed by atoms with Crippen LogP contribution in [0.4, 0.5) is 0 Å². The van der Waals surface area contributed by atoms with Gasteiger partial charge in [-0.2, -0.15) is 0 Å². The number of thiophene rings is 1. The van der Waals surface area contributed by atoms with Crippen LogP contribution in [0.3, 0.4) is 0 Å². The van der Waals surface area contributed by atoms with E-state index >= 15 is 0 Å². The molecular formula is C14H26IN3O2S. The van der Waals surface area contributed by atoms with Crippen molar-refractivity contribution in [2.75, 3.05) is 40.5 Å². The molecule has 0 aliphatic rings. The lowest BCUT2D eigenvalue weighted by molar-refractivity contribution is 0.0698. The van der Waals surface area contributed by atoms with Gasteiger partial charge in [0.15, 0.2) is 5.96 Å². The molecule has 1 heterocycles. The van der Waals surface area contributed by atoms with Gasteiger partial charge >= 0.3 is 0 Å². The van der Waals surface area contributed by atoms with E-state index in [2.05, 4.69) is 34.7 Å². The quantitative estimate of drug-likeness (QED) is 0.275. The average molecular weight is 427 g/mol. The van der Waals surface area contributed by atoms with Crippen LogP contribution in [0, 0.1) is 6.92 Å². The van der Waals surface area contributed by atoms with Crippen molar-refractivity contribution in [1.29, 1.82) is 0 Å². The number of aliphatic imine (C=N–C) groups is 1. The number of aryl methyl sites for hydroxylation is 1. The number of nitrogens with zero attached hydrogens (tertiary/aromatic N) is 1. The zero-order valence-electron chi connectivity index (χ0n) is 13.0. The molecule has 0 aliphatic heterocycles. The fourth-order valence-corrected chi connectivity index (χ4v) is 2.43. The first-order valence-corrected chi connectivity index (χ1v) is 7.64. The summed E-state index contributed by atoms with van der Waals surface area (Å²) < 4.78 is 10.3. The lowest BCUT2D eigenvalue weighted by Gasteiger charge is -2.11. The Balaban J connectivity index is 0.00000400. The maximum absolute atomic E-state index is 5.40. The van der Waals surface area contributed by atoms with E-state index in [-0.39, 0.29) is 24.0 Å². The molecule has 0 bridgehead atoms. The highest BCUT2D eigenvalue weighted by Crippen LogP contribution is 2.14. The second-order valence-electron chi connectivity index (χ2n) is 4.32. The SMILES string of the molecule is CN=C(NCCCOCCOC)NCc1ccc(C)s1.I. The Morgan fingerprint density at radius 3 is 2.67 bits per heavy atom. The van der Waals surface area contributed by atoms with Gasteiger partial charge in [-0.05, 0) is 25.5 Å². The van der Waals surface area contributed by atoms with Crippen molar-refractivity contribution < 1.29 is 9.47 Å². The Morgan fingerprint density at radius 2 is 2.05 bits per heavy atom. The predicted molar refractivity (Wildman–Crippen MR) is 100.0 cm³/mol. The second-order valence-corrected chi connectivity index (χ2v) is 5.70. The minimum absolute atomic E-state index is 0. The zero-order chi connectivity index (χ0) is 14.6. The predicted octanol–water partition coefficient (Wildman–Crippen LogP) is 2.39. The molecule has 0 radical (unpaired) electrons. The Kier molecular flexibility index (Phi) is 13.1. The summed E-state index contributed by atoms with van der Waals surface area (Å²) in [6.45, 7) is 5.80. The van der Waals surface area contributed by atoms with E-state index in [0.29, 0.717) is 13.2 Å². The van der Waals surface area contributed by atoms with Crippen LogP contribution in [0.5, 0.6) is 0 Å². The molecule has 0 unspecified atom stereocenters. The minimum Gasteiger partial charge on any atom is -0.382 e. The molecule has 2 N–H and O–H groups in total. The zero-order valence-corrected chi connectivity index (χ0v) is 16.1. The molecule has 0 aliphatic carbocycles. The highest BCUT2D eigenvalue weighted by Gasteiger charge is 2.00. The van der Waals surface area contributed by atoms with E-state index in [0.717, 1.165) is 32.1 Å². The van der Waals surface area contributed by atoms with Gasteiger partial charge in [-0.25, -0.2) is 0 Å². The summed E-state index contributed by atoms with van der Waals surface area (Å²) >= 11 is 1.80. The van der Waals surface area contributed by atoms with Crippen LogP contribution in [0.1, 0.15) is 16.2 Å². The van der Waals surface area contributed by atoms with E-state index < -0.39 is 0 Å². The second kappa shape index (κ2) is 13.3. The van der Waals surface area contributed by atoms with Gasteiger partial charge < -0.3 is 20.1 Å². The molecule has 1 rings (SSSR count).